The van der Waals surface area contributed by atoms with Crippen LogP contribution in [0, 0.1) is 13.8 Å². The Kier molecular flexibility index (Phi) is 5.39. The summed E-state index contributed by atoms with van der Waals surface area (Å²) in [7, 11) is 0. The molecule has 6 nitrogen and oxygen atoms in total. The predicted octanol–water partition coefficient (Wildman–Crippen LogP) is 2.87. The van der Waals surface area contributed by atoms with Crippen molar-refractivity contribution < 1.29 is 9.53 Å². The van der Waals surface area contributed by atoms with E-state index in [1.54, 1.807) is 16.7 Å². The van der Waals surface area contributed by atoms with E-state index in [2.05, 4.69) is 21.8 Å². The third kappa shape index (κ3) is 4.50. The monoisotopic (exact) mass is 338 g/mol. The van der Waals surface area contributed by atoms with Crippen LogP contribution in [0.25, 0.3) is 0 Å². The maximum Gasteiger partial charge on any atom is 0.410 e. The smallest absolute Gasteiger partial charge is 0.410 e. The van der Waals surface area contributed by atoms with Gasteiger partial charge >= 0.3 is 6.09 Å². The van der Waals surface area contributed by atoms with Crippen molar-refractivity contribution >= 4 is 23.7 Å². The Bertz CT molecular complexity index is 578. The quantitative estimate of drug-likeness (QED) is 0.610. The Morgan fingerprint density at radius 2 is 1.74 bits per heavy atom. The molecule has 1 aromatic rings. The number of piperazine rings is 1. The molecule has 2 rings (SSSR count). The highest BCUT2D eigenvalue weighted by Crippen LogP contribution is 2.24. The van der Waals surface area contributed by atoms with Gasteiger partial charge in [-0.1, -0.05) is 11.8 Å². The number of nitrogens with zero attached hydrogens (tertiary/aromatic N) is 4. The Hall–Kier alpha value is -1.50. The van der Waals surface area contributed by atoms with E-state index in [-0.39, 0.29) is 6.09 Å². The van der Waals surface area contributed by atoms with Crippen LogP contribution in [0.1, 0.15) is 32.0 Å². The summed E-state index contributed by atoms with van der Waals surface area (Å²) in [6.45, 7) is 12.5. The number of amides is 1. The largest absolute Gasteiger partial charge is 0.444 e. The lowest BCUT2D eigenvalue weighted by atomic mass is 10.2. The molecule has 0 aromatic carbocycles. The number of hydrogen-bond acceptors (Lipinski definition) is 6. The summed E-state index contributed by atoms with van der Waals surface area (Å²) in [5.41, 5.74) is 1.66. The van der Waals surface area contributed by atoms with Gasteiger partial charge in [-0.25, -0.2) is 14.8 Å². The van der Waals surface area contributed by atoms with Gasteiger partial charge in [0.15, 0.2) is 5.16 Å². The van der Waals surface area contributed by atoms with Crippen LogP contribution in [0.15, 0.2) is 5.16 Å². The van der Waals surface area contributed by atoms with E-state index >= 15 is 0 Å². The van der Waals surface area contributed by atoms with Gasteiger partial charge in [0.2, 0.25) is 0 Å². The molecule has 128 valence electrons. The van der Waals surface area contributed by atoms with Crippen LogP contribution >= 0.6 is 11.8 Å². The number of anilines is 1. The maximum atomic E-state index is 12.1. The third-order valence-corrected chi connectivity index (χ3v) is 4.30. The molecule has 1 amide bonds. The number of thioether (sulfide) groups is 1. The Morgan fingerprint density at radius 1 is 1.13 bits per heavy atom. The number of aryl methyl sites for hydroxylation is 1. The molecular weight excluding hydrogens is 312 g/mol. The molecular formula is C16H26N4O2S. The molecule has 23 heavy (non-hydrogen) atoms. The first-order valence-corrected chi connectivity index (χ1v) is 9.06. The lowest BCUT2D eigenvalue weighted by molar-refractivity contribution is 0.0240. The van der Waals surface area contributed by atoms with Crippen LogP contribution in [0.3, 0.4) is 0 Å². The molecule has 1 aliphatic heterocycles. The van der Waals surface area contributed by atoms with Crippen LogP contribution in [-0.4, -0.2) is 59.0 Å². The minimum atomic E-state index is -0.457. The fraction of sp³-hybridized carbons (Fsp3) is 0.688. The minimum Gasteiger partial charge on any atom is -0.444 e. The Labute approximate surface area is 142 Å². The van der Waals surface area contributed by atoms with Crippen molar-refractivity contribution in [3.05, 3.63) is 11.3 Å². The van der Waals surface area contributed by atoms with Gasteiger partial charge in [0, 0.05) is 37.4 Å². The molecule has 1 fully saturated rings. The van der Waals surface area contributed by atoms with Gasteiger partial charge in [-0.05, 0) is 40.9 Å². The van der Waals surface area contributed by atoms with Gasteiger partial charge in [0.05, 0.1) is 0 Å². The van der Waals surface area contributed by atoms with Crippen molar-refractivity contribution in [2.75, 3.05) is 37.3 Å². The lowest BCUT2D eigenvalue weighted by Gasteiger charge is -2.36. The summed E-state index contributed by atoms with van der Waals surface area (Å²) in [6.07, 6.45) is 1.74. The molecule has 0 saturated carbocycles. The van der Waals surface area contributed by atoms with E-state index in [1.165, 1.54) is 0 Å². The highest BCUT2D eigenvalue weighted by molar-refractivity contribution is 7.98. The first-order chi connectivity index (χ1) is 10.7. The van der Waals surface area contributed by atoms with Gasteiger partial charge in [0.1, 0.15) is 11.4 Å². The summed E-state index contributed by atoms with van der Waals surface area (Å²) in [4.78, 5) is 25.2. The second-order valence-electron chi connectivity index (χ2n) is 6.70. The van der Waals surface area contributed by atoms with Crippen LogP contribution < -0.4 is 4.90 Å². The van der Waals surface area contributed by atoms with Crippen molar-refractivity contribution in [2.45, 2.75) is 45.4 Å². The van der Waals surface area contributed by atoms with Crippen LogP contribution in [0.4, 0.5) is 10.6 Å². The standard InChI is InChI=1S/C16H26N4O2S/c1-11-12(2)17-14(23-6)18-13(11)19-7-9-20(10-8-19)15(21)22-16(3,4)5/h7-10H2,1-6H3. The van der Waals surface area contributed by atoms with Crippen LogP contribution in [0.5, 0.6) is 0 Å². The third-order valence-electron chi connectivity index (χ3n) is 3.76. The van der Waals surface area contributed by atoms with E-state index in [0.29, 0.717) is 13.1 Å². The number of ether oxygens (including phenoxy) is 1. The summed E-state index contributed by atoms with van der Waals surface area (Å²) >= 11 is 1.55. The van der Waals surface area contributed by atoms with E-state index < -0.39 is 5.60 Å². The zero-order valence-corrected chi connectivity index (χ0v) is 15.7. The van der Waals surface area contributed by atoms with Gasteiger partial charge in [-0.2, -0.15) is 0 Å². The molecule has 1 aliphatic rings. The molecule has 0 N–H and O–H groups in total. The van der Waals surface area contributed by atoms with E-state index in [4.69, 9.17) is 4.74 Å². The molecule has 0 atom stereocenters. The minimum absolute atomic E-state index is 0.238. The van der Waals surface area contributed by atoms with Gasteiger partial charge in [0.25, 0.3) is 0 Å². The number of aromatic nitrogens is 2. The Balaban J connectivity index is 2.05. The van der Waals surface area contributed by atoms with E-state index in [1.807, 2.05) is 34.0 Å². The summed E-state index contributed by atoms with van der Waals surface area (Å²) in [6, 6.07) is 0. The van der Waals surface area contributed by atoms with Gasteiger partial charge < -0.3 is 14.5 Å². The highest BCUT2D eigenvalue weighted by Gasteiger charge is 2.27. The topological polar surface area (TPSA) is 58.6 Å². The zero-order valence-electron chi connectivity index (χ0n) is 14.8. The lowest BCUT2D eigenvalue weighted by Crippen LogP contribution is -2.50. The average Bonchev–Trinajstić information content (AvgIpc) is 2.48. The molecule has 0 spiro atoms. The summed E-state index contributed by atoms with van der Waals surface area (Å²) in [5.74, 6) is 0.977. The second kappa shape index (κ2) is 6.95. The van der Waals surface area contributed by atoms with Crippen molar-refractivity contribution in [3.8, 4) is 0 Å². The normalized spacial score (nSPS) is 15.7. The van der Waals surface area contributed by atoms with Gasteiger partial charge in [-0.15, -0.1) is 0 Å². The molecule has 1 saturated heterocycles. The fourth-order valence-electron chi connectivity index (χ4n) is 2.42. The van der Waals surface area contributed by atoms with Crippen molar-refractivity contribution in [2.24, 2.45) is 0 Å². The van der Waals surface area contributed by atoms with Crippen molar-refractivity contribution in [1.82, 2.24) is 14.9 Å². The second-order valence-corrected chi connectivity index (χ2v) is 7.47. The van der Waals surface area contributed by atoms with E-state index in [9.17, 15) is 4.79 Å². The summed E-state index contributed by atoms with van der Waals surface area (Å²) in [5, 5.41) is 0.790. The predicted molar refractivity (Wildman–Crippen MR) is 93.3 cm³/mol. The molecule has 1 aromatic heterocycles. The van der Waals surface area contributed by atoms with Crippen LogP contribution in [-0.2, 0) is 4.74 Å². The zero-order chi connectivity index (χ0) is 17.2. The first kappa shape index (κ1) is 17.8. The first-order valence-electron chi connectivity index (χ1n) is 7.83. The highest BCUT2D eigenvalue weighted by atomic mass is 32.2. The number of rotatable bonds is 2. The number of hydrogen-bond donors (Lipinski definition) is 0. The molecule has 0 aliphatic carbocycles. The molecule has 0 radical (unpaired) electrons. The number of carbonyl (C=O) groups excluding carboxylic acids is 1. The number of carbonyl (C=O) groups is 1. The van der Waals surface area contributed by atoms with Crippen molar-refractivity contribution in [1.29, 1.82) is 0 Å². The van der Waals surface area contributed by atoms with Gasteiger partial charge in [-0.3, -0.25) is 0 Å². The summed E-state index contributed by atoms with van der Waals surface area (Å²) < 4.78 is 5.44. The maximum absolute atomic E-state index is 12.1. The molecule has 0 unspecified atom stereocenters. The Morgan fingerprint density at radius 3 is 2.26 bits per heavy atom. The van der Waals surface area contributed by atoms with Crippen molar-refractivity contribution in [3.63, 3.8) is 0 Å². The fourth-order valence-corrected chi connectivity index (χ4v) is 2.82. The average molecular weight is 338 g/mol. The van der Waals surface area contributed by atoms with E-state index in [0.717, 1.165) is 35.3 Å². The SMILES string of the molecule is CSc1nc(C)c(C)c(N2CCN(C(=O)OC(C)(C)C)CC2)n1. The van der Waals surface area contributed by atoms with Crippen LogP contribution in [0.2, 0.25) is 0 Å². The molecule has 2 heterocycles. The molecule has 7 heteroatoms. The molecule has 0 bridgehead atoms.